The van der Waals surface area contributed by atoms with Gasteiger partial charge in [-0.3, -0.25) is 14.3 Å². The summed E-state index contributed by atoms with van der Waals surface area (Å²) < 4.78 is 71.9. The predicted octanol–water partition coefficient (Wildman–Crippen LogP) is 5.30. The fourth-order valence-corrected chi connectivity index (χ4v) is 6.39. The van der Waals surface area contributed by atoms with E-state index in [0.29, 0.717) is 28.9 Å². The number of hydrogen-bond donors (Lipinski definition) is 0. The number of benzene rings is 1. The van der Waals surface area contributed by atoms with Crippen molar-refractivity contribution in [2.75, 3.05) is 6.26 Å². The van der Waals surface area contributed by atoms with Gasteiger partial charge in [-0.1, -0.05) is 17.7 Å². The van der Waals surface area contributed by atoms with Gasteiger partial charge in [0.1, 0.15) is 15.6 Å². The van der Waals surface area contributed by atoms with Crippen molar-refractivity contribution in [2.45, 2.75) is 37.0 Å². The van der Waals surface area contributed by atoms with E-state index in [1.54, 1.807) is 19.2 Å². The van der Waals surface area contributed by atoms with E-state index in [0.717, 1.165) is 16.9 Å². The highest BCUT2D eigenvalue weighted by Gasteiger charge is 2.43. The van der Waals surface area contributed by atoms with E-state index in [4.69, 9.17) is 11.6 Å². The lowest BCUT2D eigenvalue weighted by molar-refractivity contribution is 0.552. The number of sulfone groups is 1. The van der Waals surface area contributed by atoms with Gasteiger partial charge >= 0.3 is 0 Å². The van der Waals surface area contributed by atoms with Crippen molar-refractivity contribution in [3.05, 3.63) is 104 Å². The van der Waals surface area contributed by atoms with Gasteiger partial charge in [-0.2, -0.15) is 4.39 Å². The molecule has 0 spiro atoms. The summed E-state index contributed by atoms with van der Waals surface area (Å²) in [7, 11) is -3.94. The first kappa shape index (κ1) is 27.2. The van der Waals surface area contributed by atoms with E-state index >= 15 is 8.78 Å². The van der Waals surface area contributed by atoms with Gasteiger partial charge in [0.25, 0.3) is 5.56 Å². The molecule has 8 nitrogen and oxygen atoms in total. The van der Waals surface area contributed by atoms with Crippen LogP contribution in [0.25, 0.3) is 22.6 Å². The van der Waals surface area contributed by atoms with Crippen LogP contribution in [0.5, 0.6) is 0 Å². The van der Waals surface area contributed by atoms with Gasteiger partial charge in [0.2, 0.25) is 5.95 Å². The van der Waals surface area contributed by atoms with Crippen molar-refractivity contribution in [3.63, 3.8) is 0 Å². The number of pyridine rings is 2. The van der Waals surface area contributed by atoms with E-state index in [-0.39, 0.29) is 33.7 Å². The molecule has 4 aromatic heterocycles. The molecule has 1 aromatic carbocycles. The smallest absolute Gasteiger partial charge is 0.274 e. The molecule has 0 unspecified atom stereocenters. The summed E-state index contributed by atoms with van der Waals surface area (Å²) in [6.07, 6.45) is 5.78. The maximum absolute atomic E-state index is 16.1. The third kappa shape index (κ3) is 4.41. The zero-order valence-electron chi connectivity index (χ0n) is 21.9. The van der Waals surface area contributed by atoms with E-state index in [2.05, 4.69) is 15.1 Å². The summed E-state index contributed by atoms with van der Waals surface area (Å²) in [4.78, 5) is 21.3. The van der Waals surface area contributed by atoms with Crippen molar-refractivity contribution in [2.24, 2.45) is 0 Å². The number of rotatable bonds is 5. The molecule has 0 bridgehead atoms. The highest BCUT2D eigenvalue weighted by atomic mass is 35.5. The summed E-state index contributed by atoms with van der Waals surface area (Å²) in [5.74, 6) is -3.17. The van der Waals surface area contributed by atoms with Gasteiger partial charge < -0.3 is 0 Å². The molecule has 4 heterocycles. The molecule has 0 amide bonds. The number of hydrogen-bond acceptors (Lipinski definition) is 6. The average Bonchev–Trinajstić information content (AvgIpc) is 3.55. The molecule has 1 fully saturated rings. The number of aryl methyl sites for hydroxylation is 2. The lowest BCUT2D eigenvalue weighted by atomic mass is 10.0. The number of nitrogens with zero attached hydrogens (tertiary/aromatic N) is 5. The fourth-order valence-electron chi connectivity index (χ4n) is 5.35. The van der Waals surface area contributed by atoms with Gasteiger partial charge in [0, 0.05) is 47.7 Å². The molecule has 1 aliphatic carbocycles. The van der Waals surface area contributed by atoms with E-state index in [9.17, 15) is 17.6 Å². The van der Waals surface area contributed by atoms with E-state index in [1.165, 1.54) is 42.0 Å². The monoisotopic (exact) mass is 599 g/mol. The zero-order valence-corrected chi connectivity index (χ0v) is 23.4. The molecule has 13 heteroatoms. The van der Waals surface area contributed by atoms with Crippen LogP contribution >= 0.6 is 11.6 Å². The van der Waals surface area contributed by atoms with Crippen LogP contribution in [-0.4, -0.2) is 38.8 Å². The Labute approximate surface area is 237 Å². The first-order valence-electron chi connectivity index (χ1n) is 12.4. The lowest BCUT2D eigenvalue weighted by Gasteiger charge is -2.18. The molecule has 210 valence electrons. The number of aromatic nitrogens is 5. The average molecular weight is 600 g/mol. The second kappa shape index (κ2) is 9.52. The Morgan fingerprint density at radius 1 is 1.02 bits per heavy atom. The minimum absolute atomic E-state index is 0.126. The first-order chi connectivity index (χ1) is 19.4. The third-order valence-electron chi connectivity index (χ3n) is 7.33. The Kier molecular flexibility index (Phi) is 6.31. The Hall–Kier alpha value is -4.03. The molecule has 1 saturated carbocycles. The van der Waals surface area contributed by atoms with Crippen molar-refractivity contribution in [1.29, 1.82) is 0 Å². The molecule has 6 rings (SSSR count). The Morgan fingerprint density at radius 2 is 1.76 bits per heavy atom. The zero-order chi connectivity index (χ0) is 29.4. The molecule has 5 aromatic rings. The Balaban J connectivity index is 1.45. The van der Waals surface area contributed by atoms with Crippen LogP contribution in [0.3, 0.4) is 0 Å². The van der Waals surface area contributed by atoms with Gasteiger partial charge in [0.05, 0.1) is 5.69 Å². The number of halogens is 4. The molecular weight excluding hydrogens is 579 g/mol. The summed E-state index contributed by atoms with van der Waals surface area (Å²) in [6.45, 7) is 3.15. The fraction of sp³-hybridized carbons (Fsp3) is 0.214. The largest absolute Gasteiger partial charge is 0.277 e. The SMILES string of the molecule is Cc1cnc(-c2cccc(S(C)(=O)=O)c2F)c(F)c1-n1c(C)cc([C@H]2C[C@@H]2c2cc(F)nn3ccnc23)c(Cl)c1=O. The Morgan fingerprint density at radius 3 is 2.49 bits per heavy atom. The lowest BCUT2D eigenvalue weighted by Crippen LogP contribution is -2.24. The van der Waals surface area contributed by atoms with Crippen LogP contribution < -0.4 is 5.56 Å². The molecule has 1 aliphatic rings. The van der Waals surface area contributed by atoms with Crippen LogP contribution in [0, 0.1) is 31.4 Å². The molecule has 41 heavy (non-hydrogen) atoms. The van der Waals surface area contributed by atoms with Crippen LogP contribution in [0.15, 0.2) is 58.6 Å². The maximum Gasteiger partial charge on any atom is 0.274 e. The summed E-state index contributed by atoms with van der Waals surface area (Å²) in [6, 6.07) is 6.59. The summed E-state index contributed by atoms with van der Waals surface area (Å²) in [5.41, 5.74) is 0.632. The van der Waals surface area contributed by atoms with Crippen molar-refractivity contribution in [1.82, 2.24) is 24.1 Å². The van der Waals surface area contributed by atoms with Gasteiger partial charge in [-0.15, -0.1) is 5.10 Å². The van der Waals surface area contributed by atoms with Gasteiger partial charge in [0.15, 0.2) is 27.1 Å². The molecule has 0 radical (unpaired) electrons. The molecule has 0 aliphatic heterocycles. The summed E-state index contributed by atoms with van der Waals surface area (Å²) in [5, 5.41) is 3.65. The summed E-state index contributed by atoms with van der Waals surface area (Å²) >= 11 is 6.59. The van der Waals surface area contributed by atoms with Crippen molar-refractivity contribution < 1.29 is 21.6 Å². The quantitative estimate of drug-likeness (QED) is 0.272. The van der Waals surface area contributed by atoms with Gasteiger partial charge in [-0.25, -0.2) is 26.7 Å². The van der Waals surface area contributed by atoms with Crippen LogP contribution in [0.4, 0.5) is 13.2 Å². The second-order valence-corrected chi connectivity index (χ2v) is 12.5. The number of imidazole rings is 1. The highest BCUT2D eigenvalue weighted by molar-refractivity contribution is 7.90. The van der Waals surface area contributed by atoms with Crippen molar-refractivity contribution >= 4 is 27.1 Å². The maximum atomic E-state index is 16.1. The van der Waals surface area contributed by atoms with Crippen molar-refractivity contribution in [3.8, 4) is 16.9 Å². The van der Waals surface area contributed by atoms with Crippen LogP contribution in [0.2, 0.25) is 5.02 Å². The first-order valence-corrected chi connectivity index (χ1v) is 14.7. The minimum atomic E-state index is -3.94. The third-order valence-corrected chi connectivity index (χ3v) is 8.82. The molecular formula is C28H21ClF3N5O3S. The topological polar surface area (TPSA) is 99.2 Å². The van der Waals surface area contributed by atoms with Gasteiger partial charge in [-0.05, 0) is 61.4 Å². The van der Waals surface area contributed by atoms with E-state index in [1.807, 2.05) is 0 Å². The minimum Gasteiger partial charge on any atom is -0.277 e. The van der Waals surface area contributed by atoms with Crippen LogP contribution in [-0.2, 0) is 9.84 Å². The van der Waals surface area contributed by atoms with Crippen LogP contribution in [0.1, 0.15) is 40.6 Å². The predicted molar refractivity (Wildman–Crippen MR) is 146 cm³/mol. The molecule has 2 atom stereocenters. The number of fused-ring (bicyclic) bond motifs is 1. The highest BCUT2D eigenvalue weighted by Crippen LogP contribution is 2.56. The Bertz CT molecular complexity index is 2080. The normalized spacial score (nSPS) is 16.9. The molecule has 0 N–H and O–H groups in total. The standard InChI is InChI=1S/C28H21ClF3N5O3S/c1-13-12-34-25(15-5-4-6-20(23(15)31)41(3,39)40)24(32)26(13)37-14(2)9-18(22(29)28(37)38)16-10-17(16)19-11-21(30)35-36-8-7-33-27(19)36/h4-9,11-12,16-17H,10H2,1-3H3/t16-,17-/m0/s1. The molecule has 0 saturated heterocycles. The van der Waals surface area contributed by atoms with E-state index < -0.39 is 43.6 Å². The second-order valence-electron chi connectivity index (χ2n) is 10.1.